The summed E-state index contributed by atoms with van der Waals surface area (Å²) in [4.78, 5) is 26.1. The zero-order chi connectivity index (χ0) is 13.5. The molecule has 18 heavy (non-hydrogen) atoms. The number of urea groups is 1. The number of carboxylic acids is 1. The summed E-state index contributed by atoms with van der Waals surface area (Å²) in [6.45, 7) is 7.83. The number of likely N-dealkylation sites (N-methyl/N-ethyl adjacent to an activating group) is 1. The number of carbonyl (C=O) groups is 2. The Morgan fingerprint density at radius 2 is 2.33 bits per heavy atom. The van der Waals surface area contributed by atoms with Crippen LogP contribution in [0.5, 0.6) is 0 Å². The number of hydrogen-bond acceptors (Lipinski definition) is 3. The van der Waals surface area contributed by atoms with Crippen LogP contribution in [0.2, 0.25) is 0 Å². The molecule has 2 amide bonds. The minimum absolute atomic E-state index is 0.0721. The molecule has 1 aliphatic rings. The van der Waals surface area contributed by atoms with Gasteiger partial charge in [-0.2, -0.15) is 0 Å². The van der Waals surface area contributed by atoms with Crippen molar-refractivity contribution < 1.29 is 19.4 Å². The lowest BCUT2D eigenvalue weighted by Gasteiger charge is -2.35. The number of aliphatic carboxylic acids is 1. The van der Waals surface area contributed by atoms with E-state index in [1.165, 1.54) is 0 Å². The molecule has 0 aromatic heterocycles. The van der Waals surface area contributed by atoms with Gasteiger partial charge in [0, 0.05) is 26.2 Å². The summed E-state index contributed by atoms with van der Waals surface area (Å²) < 4.78 is 5.33. The van der Waals surface area contributed by atoms with Gasteiger partial charge in [0.05, 0.1) is 19.1 Å². The van der Waals surface area contributed by atoms with Gasteiger partial charge in [0.25, 0.3) is 0 Å². The monoisotopic (exact) mass is 256 g/mol. The number of carbonyl (C=O) groups excluding carboxylic acids is 1. The second-order valence-electron chi connectivity index (χ2n) is 4.15. The third-order valence-electron chi connectivity index (χ3n) is 2.81. The fourth-order valence-corrected chi connectivity index (χ4v) is 1.91. The summed E-state index contributed by atoms with van der Waals surface area (Å²) in [5.74, 6) is -0.910. The molecular formula is C12H20N2O4. The van der Waals surface area contributed by atoms with Crippen molar-refractivity contribution in [2.45, 2.75) is 19.4 Å². The quantitative estimate of drug-likeness (QED) is 0.738. The minimum atomic E-state index is -0.910. The van der Waals surface area contributed by atoms with E-state index in [9.17, 15) is 9.59 Å². The lowest BCUT2D eigenvalue weighted by atomic mass is 10.2. The molecule has 6 nitrogen and oxygen atoms in total. The lowest BCUT2D eigenvalue weighted by molar-refractivity contribution is -0.141. The molecule has 0 saturated carbocycles. The van der Waals surface area contributed by atoms with Gasteiger partial charge in [0.2, 0.25) is 0 Å². The number of morpholine rings is 1. The van der Waals surface area contributed by atoms with Gasteiger partial charge >= 0.3 is 12.0 Å². The maximum atomic E-state index is 12.2. The van der Waals surface area contributed by atoms with Gasteiger partial charge in [-0.15, -0.1) is 6.58 Å². The lowest BCUT2D eigenvalue weighted by Crippen LogP contribution is -2.51. The molecule has 102 valence electrons. The van der Waals surface area contributed by atoms with E-state index in [4.69, 9.17) is 9.84 Å². The van der Waals surface area contributed by atoms with Crippen LogP contribution in [0.3, 0.4) is 0 Å². The van der Waals surface area contributed by atoms with Crippen molar-refractivity contribution in [2.75, 3.05) is 32.8 Å². The molecule has 0 aromatic rings. The number of hydrogen-bond donors (Lipinski definition) is 1. The highest BCUT2D eigenvalue weighted by Crippen LogP contribution is 2.11. The topological polar surface area (TPSA) is 70.1 Å². The Morgan fingerprint density at radius 1 is 1.61 bits per heavy atom. The molecule has 1 aliphatic heterocycles. The Balaban J connectivity index is 2.56. The summed E-state index contributed by atoms with van der Waals surface area (Å²) >= 11 is 0. The average Bonchev–Trinajstić information content (AvgIpc) is 2.34. The maximum Gasteiger partial charge on any atom is 0.320 e. The first-order chi connectivity index (χ1) is 8.58. The standard InChI is InChI=1S/C12H20N2O4/c1-3-5-13(4-2)12(17)14-6-7-18-10(9-14)8-11(15)16/h3,10H,1,4-9H2,2H3,(H,15,16). The zero-order valence-corrected chi connectivity index (χ0v) is 10.7. The van der Waals surface area contributed by atoms with Crippen LogP contribution < -0.4 is 0 Å². The summed E-state index contributed by atoms with van der Waals surface area (Å²) in [5, 5.41) is 8.72. The molecule has 1 atom stereocenters. The van der Waals surface area contributed by atoms with Crippen molar-refractivity contribution in [1.29, 1.82) is 0 Å². The number of nitrogens with zero attached hydrogens (tertiary/aromatic N) is 2. The Labute approximate surface area is 107 Å². The van der Waals surface area contributed by atoms with E-state index >= 15 is 0 Å². The smallest absolute Gasteiger partial charge is 0.320 e. The van der Waals surface area contributed by atoms with Gasteiger partial charge in [-0.3, -0.25) is 4.79 Å². The molecule has 0 radical (unpaired) electrons. The molecule has 6 heteroatoms. The molecule has 1 N–H and O–H groups in total. The largest absolute Gasteiger partial charge is 0.481 e. The third-order valence-corrected chi connectivity index (χ3v) is 2.81. The molecule has 1 saturated heterocycles. The zero-order valence-electron chi connectivity index (χ0n) is 10.7. The first-order valence-electron chi connectivity index (χ1n) is 6.06. The Hall–Kier alpha value is -1.56. The van der Waals surface area contributed by atoms with E-state index in [0.717, 1.165) is 0 Å². The van der Waals surface area contributed by atoms with Crippen LogP contribution in [-0.2, 0) is 9.53 Å². The normalized spacial score (nSPS) is 19.4. The van der Waals surface area contributed by atoms with E-state index < -0.39 is 12.1 Å². The first-order valence-corrected chi connectivity index (χ1v) is 6.06. The Morgan fingerprint density at radius 3 is 2.89 bits per heavy atom. The van der Waals surface area contributed by atoms with Crippen molar-refractivity contribution >= 4 is 12.0 Å². The molecule has 0 bridgehead atoms. The van der Waals surface area contributed by atoms with Crippen LogP contribution in [0.4, 0.5) is 4.79 Å². The second-order valence-corrected chi connectivity index (χ2v) is 4.15. The number of amides is 2. The van der Waals surface area contributed by atoms with Crippen molar-refractivity contribution in [3.63, 3.8) is 0 Å². The van der Waals surface area contributed by atoms with Crippen LogP contribution in [-0.4, -0.2) is 65.8 Å². The van der Waals surface area contributed by atoms with Gasteiger partial charge < -0.3 is 19.6 Å². The molecule has 0 aromatic carbocycles. The van der Waals surface area contributed by atoms with Gasteiger partial charge in [-0.1, -0.05) is 6.08 Å². The van der Waals surface area contributed by atoms with Crippen LogP contribution >= 0.6 is 0 Å². The van der Waals surface area contributed by atoms with Gasteiger partial charge in [0.1, 0.15) is 0 Å². The minimum Gasteiger partial charge on any atom is -0.481 e. The molecule has 1 unspecified atom stereocenters. The third kappa shape index (κ3) is 4.03. The van der Waals surface area contributed by atoms with Crippen LogP contribution in [0.15, 0.2) is 12.7 Å². The Bertz CT molecular complexity index is 319. The van der Waals surface area contributed by atoms with Gasteiger partial charge in [-0.05, 0) is 6.92 Å². The highest BCUT2D eigenvalue weighted by molar-refractivity contribution is 5.75. The Kier molecular flexibility index (Phi) is 5.64. The van der Waals surface area contributed by atoms with Crippen molar-refractivity contribution in [3.8, 4) is 0 Å². The van der Waals surface area contributed by atoms with E-state index in [2.05, 4.69) is 6.58 Å². The second kappa shape index (κ2) is 7.00. The summed E-state index contributed by atoms with van der Waals surface area (Å²) in [6.07, 6.45) is 1.19. The summed E-state index contributed by atoms with van der Waals surface area (Å²) in [6, 6.07) is -0.0870. The average molecular weight is 256 g/mol. The molecule has 1 rings (SSSR count). The number of carboxylic acid groups (broad SMARTS) is 1. The van der Waals surface area contributed by atoms with Gasteiger partial charge in [-0.25, -0.2) is 4.79 Å². The molecule has 1 fully saturated rings. The SMILES string of the molecule is C=CCN(CC)C(=O)N1CCOC(CC(=O)O)C1. The fourth-order valence-electron chi connectivity index (χ4n) is 1.91. The van der Waals surface area contributed by atoms with Crippen LogP contribution in [0.25, 0.3) is 0 Å². The van der Waals surface area contributed by atoms with E-state index in [-0.39, 0.29) is 12.5 Å². The fraction of sp³-hybridized carbons (Fsp3) is 0.667. The van der Waals surface area contributed by atoms with E-state index in [1.54, 1.807) is 15.9 Å². The number of ether oxygens (including phenoxy) is 1. The van der Waals surface area contributed by atoms with Crippen molar-refractivity contribution in [2.24, 2.45) is 0 Å². The molecule has 1 heterocycles. The summed E-state index contributed by atoms with van der Waals surface area (Å²) in [7, 11) is 0. The highest BCUT2D eigenvalue weighted by Gasteiger charge is 2.27. The van der Waals surface area contributed by atoms with E-state index in [1.807, 2.05) is 6.92 Å². The van der Waals surface area contributed by atoms with Crippen LogP contribution in [0.1, 0.15) is 13.3 Å². The molecule has 0 spiro atoms. The molecular weight excluding hydrogens is 236 g/mol. The predicted octanol–water partition coefficient (Wildman–Crippen LogP) is 0.790. The predicted molar refractivity (Wildman–Crippen MR) is 66.4 cm³/mol. The van der Waals surface area contributed by atoms with Gasteiger partial charge in [0.15, 0.2) is 0 Å². The summed E-state index contributed by atoms with van der Waals surface area (Å²) in [5.41, 5.74) is 0. The maximum absolute atomic E-state index is 12.2. The van der Waals surface area contributed by atoms with Crippen molar-refractivity contribution in [1.82, 2.24) is 9.80 Å². The van der Waals surface area contributed by atoms with Crippen LogP contribution in [0, 0.1) is 0 Å². The van der Waals surface area contributed by atoms with E-state index in [0.29, 0.717) is 32.8 Å². The number of rotatable bonds is 5. The molecule has 0 aliphatic carbocycles. The van der Waals surface area contributed by atoms with Crippen molar-refractivity contribution in [3.05, 3.63) is 12.7 Å². The highest BCUT2D eigenvalue weighted by atomic mass is 16.5. The first kappa shape index (κ1) is 14.5.